The average molecular weight is 713 g/mol. The zero-order valence-electron chi connectivity index (χ0n) is 26.7. The summed E-state index contributed by atoms with van der Waals surface area (Å²) in [5.74, 6) is -7.59. The number of pyridine rings is 1. The molecule has 0 radical (unpaired) electrons. The maximum atomic E-state index is 15.1. The first-order valence-corrected chi connectivity index (χ1v) is 16.5. The molecule has 3 aromatic rings. The van der Waals surface area contributed by atoms with Crippen molar-refractivity contribution in [2.24, 2.45) is 0 Å². The summed E-state index contributed by atoms with van der Waals surface area (Å²) in [6, 6.07) is 8.88. The predicted octanol–water partition coefficient (Wildman–Crippen LogP) is 5.16. The van der Waals surface area contributed by atoms with Crippen molar-refractivity contribution in [3.63, 3.8) is 0 Å². The van der Waals surface area contributed by atoms with E-state index < -0.39 is 66.2 Å². The van der Waals surface area contributed by atoms with Gasteiger partial charge in [-0.05, 0) is 49.6 Å². The van der Waals surface area contributed by atoms with Gasteiger partial charge in [-0.3, -0.25) is 29.1 Å². The predicted molar refractivity (Wildman–Crippen MR) is 174 cm³/mol. The van der Waals surface area contributed by atoms with Gasteiger partial charge < -0.3 is 10.1 Å². The number of alkyl halides is 2. The van der Waals surface area contributed by atoms with Crippen LogP contribution in [0.25, 0.3) is 0 Å². The first-order chi connectivity index (χ1) is 23.9. The Morgan fingerprint density at radius 2 is 1.84 bits per heavy atom. The number of rotatable bonds is 11. The molecule has 15 heteroatoms. The highest BCUT2D eigenvalue weighted by atomic mass is 35.5. The SMILES string of the molecule is N#Cc1ccnc(N2C(=O)CN(CCOC3CCC3)C[C@H]2C(=O)N(c2cc(F)cc(F)c2)[C@H](C(=O)NC2CC(F)(F)C2)c2ccccc2Cl)c1. The minimum atomic E-state index is -2.99. The third-order valence-corrected chi connectivity index (χ3v) is 9.44. The quantitative estimate of drug-likeness (QED) is 0.273. The lowest BCUT2D eigenvalue weighted by Gasteiger charge is -2.43. The van der Waals surface area contributed by atoms with Gasteiger partial charge in [-0.15, -0.1) is 0 Å². The normalized spacial score (nSPS) is 20.0. The second-order valence-electron chi connectivity index (χ2n) is 12.7. The molecular formula is C35H33ClF4N6O4. The Balaban J connectivity index is 1.44. The maximum absolute atomic E-state index is 15.1. The summed E-state index contributed by atoms with van der Waals surface area (Å²) < 4.78 is 63.2. The minimum Gasteiger partial charge on any atom is -0.377 e. The van der Waals surface area contributed by atoms with Crippen LogP contribution in [-0.4, -0.2) is 78.0 Å². The number of carbonyl (C=O) groups excluding carboxylic acids is 3. The topological polar surface area (TPSA) is 119 Å². The second-order valence-corrected chi connectivity index (χ2v) is 13.1. The van der Waals surface area contributed by atoms with Gasteiger partial charge in [-0.2, -0.15) is 5.26 Å². The molecule has 1 N–H and O–H groups in total. The van der Waals surface area contributed by atoms with Gasteiger partial charge in [0.1, 0.15) is 29.5 Å². The molecule has 262 valence electrons. The Labute approximate surface area is 290 Å². The summed E-state index contributed by atoms with van der Waals surface area (Å²) in [6.45, 7) is 0.285. The van der Waals surface area contributed by atoms with Crippen molar-refractivity contribution in [3.05, 3.63) is 88.6 Å². The fourth-order valence-corrected chi connectivity index (χ4v) is 6.60. The highest BCUT2D eigenvalue weighted by Gasteiger charge is 2.49. The van der Waals surface area contributed by atoms with Crippen LogP contribution in [0.2, 0.25) is 5.02 Å². The number of amides is 3. The van der Waals surface area contributed by atoms with E-state index >= 15 is 4.79 Å². The Bertz CT molecular complexity index is 1790. The van der Waals surface area contributed by atoms with E-state index in [0.29, 0.717) is 6.07 Å². The van der Waals surface area contributed by atoms with Gasteiger partial charge >= 0.3 is 0 Å². The molecule has 10 nitrogen and oxygen atoms in total. The van der Waals surface area contributed by atoms with Gasteiger partial charge in [-0.1, -0.05) is 29.8 Å². The molecule has 2 atom stereocenters. The van der Waals surface area contributed by atoms with E-state index in [4.69, 9.17) is 16.3 Å². The zero-order valence-corrected chi connectivity index (χ0v) is 27.5. The van der Waals surface area contributed by atoms with Crippen LogP contribution in [0.4, 0.5) is 29.1 Å². The molecule has 2 saturated carbocycles. The molecule has 2 aromatic carbocycles. The summed E-state index contributed by atoms with van der Waals surface area (Å²) in [4.78, 5) is 51.0. The van der Waals surface area contributed by atoms with Gasteiger partial charge in [-0.25, -0.2) is 22.5 Å². The lowest BCUT2D eigenvalue weighted by molar-refractivity contribution is -0.134. The molecule has 2 heterocycles. The average Bonchev–Trinajstić information content (AvgIpc) is 3.03. The number of halogens is 5. The van der Waals surface area contributed by atoms with Crippen molar-refractivity contribution in [1.29, 1.82) is 5.26 Å². The van der Waals surface area contributed by atoms with Gasteiger partial charge in [0.25, 0.3) is 11.8 Å². The molecule has 1 aliphatic heterocycles. The van der Waals surface area contributed by atoms with E-state index in [2.05, 4.69) is 10.3 Å². The first kappa shape index (κ1) is 35.3. The van der Waals surface area contributed by atoms with Crippen LogP contribution >= 0.6 is 11.6 Å². The maximum Gasteiger partial charge on any atom is 0.252 e. The largest absolute Gasteiger partial charge is 0.377 e. The van der Waals surface area contributed by atoms with E-state index in [9.17, 15) is 32.4 Å². The number of piperazine rings is 1. The minimum absolute atomic E-state index is 0.0102. The first-order valence-electron chi connectivity index (χ1n) is 16.2. The van der Waals surface area contributed by atoms with E-state index in [1.807, 2.05) is 6.07 Å². The molecule has 1 saturated heterocycles. The lowest BCUT2D eigenvalue weighted by Crippen LogP contribution is -2.64. The van der Waals surface area contributed by atoms with Crippen LogP contribution in [0.15, 0.2) is 60.8 Å². The number of aromatic nitrogens is 1. The molecule has 1 aromatic heterocycles. The van der Waals surface area contributed by atoms with Gasteiger partial charge in [0.15, 0.2) is 0 Å². The molecule has 0 unspecified atom stereocenters. The number of ether oxygens (including phenoxy) is 1. The van der Waals surface area contributed by atoms with Gasteiger partial charge in [0.2, 0.25) is 11.8 Å². The van der Waals surface area contributed by atoms with E-state index in [-0.39, 0.29) is 60.0 Å². The summed E-state index contributed by atoms with van der Waals surface area (Å²) >= 11 is 6.57. The molecular weight excluding hydrogens is 680 g/mol. The van der Waals surface area contributed by atoms with Crippen LogP contribution in [0.1, 0.15) is 49.3 Å². The van der Waals surface area contributed by atoms with Crippen molar-refractivity contribution in [2.45, 2.75) is 62.3 Å². The molecule has 50 heavy (non-hydrogen) atoms. The smallest absolute Gasteiger partial charge is 0.252 e. The van der Waals surface area contributed by atoms with Crippen LogP contribution in [0.3, 0.4) is 0 Å². The summed E-state index contributed by atoms with van der Waals surface area (Å²) in [5.41, 5.74) is -0.192. The Morgan fingerprint density at radius 3 is 2.48 bits per heavy atom. The molecule has 3 fully saturated rings. The van der Waals surface area contributed by atoms with Crippen molar-refractivity contribution in [3.8, 4) is 6.07 Å². The number of hydrogen-bond acceptors (Lipinski definition) is 7. The highest BCUT2D eigenvalue weighted by molar-refractivity contribution is 6.31. The van der Waals surface area contributed by atoms with E-state index in [1.165, 1.54) is 36.5 Å². The second kappa shape index (κ2) is 14.7. The third-order valence-electron chi connectivity index (χ3n) is 9.10. The summed E-state index contributed by atoms with van der Waals surface area (Å²) in [5, 5.41) is 12.1. The number of nitrogens with one attached hydrogen (secondary N) is 1. The molecule has 3 amide bonds. The molecule has 3 aliphatic rings. The van der Waals surface area contributed by atoms with Crippen molar-refractivity contribution < 1.29 is 36.7 Å². The Kier molecular flexibility index (Phi) is 10.4. The summed E-state index contributed by atoms with van der Waals surface area (Å²) in [6.07, 6.45) is 3.06. The molecule has 6 rings (SSSR count). The lowest BCUT2D eigenvalue weighted by atomic mass is 9.87. The Hall–Kier alpha value is -4.58. The number of carbonyl (C=O) groups is 3. The van der Waals surface area contributed by atoms with E-state index in [0.717, 1.165) is 41.2 Å². The number of benzene rings is 2. The van der Waals surface area contributed by atoms with Gasteiger partial charge in [0.05, 0.1) is 36.6 Å². The van der Waals surface area contributed by atoms with Crippen LogP contribution in [-0.2, 0) is 19.1 Å². The number of hydrogen-bond donors (Lipinski definition) is 1. The van der Waals surface area contributed by atoms with Crippen LogP contribution < -0.4 is 15.1 Å². The number of anilines is 2. The molecule has 2 aliphatic carbocycles. The monoisotopic (exact) mass is 712 g/mol. The fourth-order valence-electron chi connectivity index (χ4n) is 6.36. The number of nitrogens with zero attached hydrogens (tertiary/aromatic N) is 5. The Morgan fingerprint density at radius 1 is 1.12 bits per heavy atom. The fraction of sp³-hybridized carbons (Fsp3) is 0.400. The summed E-state index contributed by atoms with van der Waals surface area (Å²) in [7, 11) is 0. The van der Waals surface area contributed by atoms with Crippen molar-refractivity contribution in [1.82, 2.24) is 15.2 Å². The van der Waals surface area contributed by atoms with E-state index in [1.54, 1.807) is 11.0 Å². The number of nitriles is 1. The van der Waals surface area contributed by atoms with Crippen LogP contribution in [0.5, 0.6) is 0 Å². The third kappa shape index (κ3) is 7.75. The van der Waals surface area contributed by atoms with Crippen molar-refractivity contribution >= 4 is 40.8 Å². The standard InChI is InChI=1S/C35H33ClF4N6O4/c36-28-7-2-1-6-27(28)32(33(48)43-24-16-35(39,40)17-24)45(25-14-22(37)13-23(38)15-25)34(49)29-19-44(10-11-50-26-4-3-5-26)20-31(47)46(29)30-12-21(18-41)8-9-42-30/h1-2,6-9,12-15,24,26,29,32H,3-5,10-11,16-17,19-20H2,(H,43,48)/t29-,32-/m0/s1. The van der Waals surface area contributed by atoms with Gasteiger partial charge in [0, 0.05) is 54.8 Å². The zero-order chi connectivity index (χ0) is 35.6. The molecule has 0 spiro atoms. The van der Waals surface area contributed by atoms with Crippen molar-refractivity contribution in [2.75, 3.05) is 36.0 Å². The molecule has 0 bridgehead atoms. The van der Waals surface area contributed by atoms with Crippen LogP contribution in [0, 0.1) is 23.0 Å². The highest BCUT2D eigenvalue weighted by Crippen LogP contribution is 2.39.